The largest absolute Gasteiger partial charge is 0.355 e. The Morgan fingerprint density at radius 1 is 1.36 bits per heavy atom. The van der Waals surface area contributed by atoms with Gasteiger partial charge in [0.2, 0.25) is 10.0 Å². The number of aliphatic imine (C=N–C) groups is 1. The molecule has 0 bridgehead atoms. The Hall–Kier alpha value is -1.12. The van der Waals surface area contributed by atoms with E-state index in [1.54, 1.807) is 25.3 Å². The van der Waals surface area contributed by atoms with E-state index in [4.69, 9.17) is 0 Å². The summed E-state index contributed by atoms with van der Waals surface area (Å²) in [5.41, 5.74) is 0. The molecular formula is C14H26N4O2S2. The average Bonchev–Trinajstić information content (AvgIpc) is 2.87. The zero-order valence-electron chi connectivity index (χ0n) is 13.6. The Morgan fingerprint density at radius 2 is 2.09 bits per heavy atom. The van der Waals surface area contributed by atoms with Crippen LogP contribution < -0.4 is 15.4 Å². The standard InChI is InChI=1S/C14H26N4O2S2/c1-5-22(19,20)17-9-8-16-14(15-4)18-11(2)10-13-7-6-12(3)21-13/h6-7,11,17H,5,8-10H2,1-4H3,(H2,15,16,18). The van der Waals surface area contributed by atoms with Gasteiger partial charge in [-0.25, -0.2) is 13.1 Å². The van der Waals surface area contributed by atoms with Gasteiger partial charge in [0.25, 0.3) is 0 Å². The van der Waals surface area contributed by atoms with Crippen LogP contribution in [0.4, 0.5) is 0 Å². The molecule has 6 nitrogen and oxygen atoms in total. The molecule has 126 valence electrons. The molecule has 3 N–H and O–H groups in total. The second kappa shape index (κ2) is 9.12. The highest BCUT2D eigenvalue weighted by atomic mass is 32.2. The van der Waals surface area contributed by atoms with E-state index in [-0.39, 0.29) is 11.8 Å². The first-order valence-electron chi connectivity index (χ1n) is 7.36. The highest BCUT2D eigenvalue weighted by molar-refractivity contribution is 7.89. The fourth-order valence-corrected chi connectivity index (χ4v) is 3.50. The van der Waals surface area contributed by atoms with Crippen molar-refractivity contribution in [3.63, 3.8) is 0 Å². The predicted octanol–water partition coefficient (Wildman–Crippen LogP) is 1.09. The molecule has 8 heteroatoms. The maximum absolute atomic E-state index is 11.3. The maximum atomic E-state index is 11.3. The second-order valence-electron chi connectivity index (χ2n) is 5.06. The number of sulfonamides is 1. The molecule has 0 aliphatic carbocycles. The number of rotatable bonds is 8. The number of nitrogens with one attached hydrogen (secondary N) is 3. The molecule has 0 aliphatic heterocycles. The Balaban J connectivity index is 2.32. The summed E-state index contributed by atoms with van der Waals surface area (Å²) in [5.74, 6) is 0.772. The summed E-state index contributed by atoms with van der Waals surface area (Å²) in [6.07, 6.45) is 0.932. The smallest absolute Gasteiger partial charge is 0.211 e. The lowest BCUT2D eigenvalue weighted by molar-refractivity contribution is 0.581. The summed E-state index contributed by atoms with van der Waals surface area (Å²) in [5, 5.41) is 6.41. The minimum absolute atomic E-state index is 0.0945. The molecule has 0 aliphatic rings. The van der Waals surface area contributed by atoms with Gasteiger partial charge in [0.1, 0.15) is 0 Å². The van der Waals surface area contributed by atoms with Crippen molar-refractivity contribution in [2.45, 2.75) is 33.2 Å². The highest BCUT2D eigenvalue weighted by Crippen LogP contribution is 2.16. The van der Waals surface area contributed by atoms with Crippen molar-refractivity contribution >= 4 is 27.3 Å². The average molecular weight is 347 g/mol. The number of guanidine groups is 1. The van der Waals surface area contributed by atoms with Gasteiger partial charge in [0, 0.05) is 42.4 Å². The molecule has 0 aromatic carbocycles. The molecule has 1 aromatic heterocycles. The van der Waals surface area contributed by atoms with Crippen LogP contribution in [0.25, 0.3) is 0 Å². The summed E-state index contributed by atoms with van der Waals surface area (Å²) >= 11 is 1.80. The van der Waals surface area contributed by atoms with E-state index >= 15 is 0 Å². The molecule has 0 saturated heterocycles. The van der Waals surface area contributed by atoms with Gasteiger partial charge in [0.15, 0.2) is 5.96 Å². The molecule has 1 rings (SSSR count). The van der Waals surface area contributed by atoms with Crippen LogP contribution in [0.3, 0.4) is 0 Å². The fourth-order valence-electron chi connectivity index (χ4n) is 1.87. The molecule has 0 saturated carbocycles. The van der Waals surface area contributed by atoms with Gasteiger partial charge in [-0.3, -0.25) is 4.99 Å². The van der Waals surface area contributed by atoms with Crippen molar-refractivity contribution < 1.29 is 8.42 Å². The normalized spacial score (nSPS) is 13.9. The van der Waals surface area contributed by atoms with Crippen molar-refractivity contribution in [3.8, 4) is 0 Å². The molecule has 22 heavy (non-hydrogen) atoms. The van der Waals surface area contributed by atoms with Crippen LogP contribution in [0, 0.1) is 6.92 Å². The van der Waals surface area contributed by atoms with Crippen molar-refractivity contribution in [1.29, 1.82) is 0 Å². The van der Waals surface area contributed by atoms with Crippen LogP contribution >= 0.6 is 11.3 Å². The van der Waals surface area contributed by atoms with E-state index < -0.39 is 10.0 Å². The van der Waals surface area contributed by atoms with Crippen LogP contribution in [-0.2, 0) is 16.4 Å². The number of thiophene rings is 1. The van der Waals surface area contributed by atoms with Gasteiger partial charge in [-0.1, -0.05) is 0 Å². The highest BCUT2D eigenvalue weighted by Gasteiger charge is 2.08. The van der Waals surface area contributed by atoms with Gasteiger partial charge in [0.05, 0.1) is 5.75 Å². The van der Waals surface area contributed by atoms with Crippen molar-refractivity contribution in [2.24, 2.45) is 4.99 Å². The van der Waals surface area contributed by atoms with Crippen molar-refractivity contribution in [1.82, 2.24) is 15.4 Å². The summed E-state index contributed by atoms with van der Waals surface area (Å²) in [7, 11) is -1.43. The first-order valence-corrected chi connectivity index (χ1v) is 9.83. The third-order valence-corrected chi connectivity index (χ3v) is 5.46. The lowest BCUT2D eigenvalue weighted by Gasteiger charge is -2.17. The SMILES string of the molecule is CCS(=O)(=O)NCCNC(=NC)NC(C)Cc1ccc(C)s1. The Bertz CT molecular complexity index is 581. The predicted molar refractivity (Wildman–Crippen MR) is 94.2 cm³/mol. The van der Waals surface area contributed by atoms with Crippen LogP contribution in [0.5, 0.6) is 0 Å². The van der Waals surface area contributed by atoms with Crippen molar-refractivity contribution in [3.05, 3.63) is 21.9 Å². The quantitative estimate of drug-likeness (QED) is 0.374. The monoisotopic (exact) mass is 346 g/mol. The molecule has 0 amide bonds. The summed E-state index contributed by atoms with van der Waals surface area (Å²) in [6.45, 7) is 6.65. The Morgan fingerprint density at radius 3 is 2.64 bits per heavy atom. The Kier molecular flexibility index (Phi) is 7.84. The molecule has 0 fully saturated rings. The lowest BCUT2D eigenvalue weighted by atomic mass is 10.2. The molecule has 0 radical (unpaired) electrons. The van der Waals surface area contributed by atoms with Gasteiger partial charge >= 0.3 is 0 Å². The number of hydrogen-bond donors (Lipinski definition) is 3. The van der Waals surface area contributed by atoms with Gasteiger partial charge in [-0.05, 0) is 32.9 Å². The molecule has 1 heterocycles. The van der Waals surface area contributed by atoms with E-state index in [1.807, 2.05) is 0 Å². The Labute approximate surface area is 137 Å². The summed E-state index contributed by atoms with van der Waals surface area (Å²) < 4.78 is 25.1. The molecule has 1 unspecified atom stereocenters. The van der Waals surface area contributed by atoms with E-state index in [9.17, 15) is 8.42 Å². The van der Waals surface area contributed by atoms with Crippen molar-refractivity contribution in [2.75, 3.05) is 25.9 Å². The molecule has 1 aromatic rings. The van der Waals surface area contributed by atoms with Crippen LogP contribution in [0.15, 0.2) is 17.1 Å². The van der Waals surface area contributed by atoms with Crippen LogP contribution in [0.1, 0.15) is 23.6 Å². The first-order chi connectivity index (χ1) is 10.4. The topological polar surface area (TPSA) is 82.6 Å². The zero-order valence-corrected chi connectivity index (χ0v) is 15.3. The fraction of sp³-hybridized carbons (Fsp3) is 0.643. The maximum Gasteiger partial charge on any atom is 0.211 e. The van der Waals surface area contributed by atoms with Gasteiger partial charge in [-0.2, -0.15) is 0 Å². The second-order valence-corrected chi connectivity index (χ2v) is 8.53. The third-order valence-electron chi connectivity index (χ3n) is 3.03. The molecule has 1 atom stereocenters. The number of nitrogens with zero attached hydrogens (tertiary/aromatic N) is 1. The summed E-state index contributed by atoms with van der Waals surface area (Å²) in [6, 6.07) is 4.52. The summed E-state index contributed by atoms with van der Waals surface area (Å²) in [4.78, 5) is 6.80. The van der Waals surface area contributed by atoms with E-state index in [1.165, 1.54) is 9.75 Å². The third kappa shape index (κ3) is 7.24. The van der Waals surface area contributed by atoms with Gasteiger partial charge in [-0.15, -0.1) is 11.3 Å². The van der Waals surface area contributed by atoms with Crippen LogP contribution in [0.2, 0.25) is 0 Å². The minimum Gasteiger partial charge on any atom is -0.355 e. The van der Waals surface area contributed by atoms with Crippen LogP contribution in [-0.4, -0.2) is 46.3 Å². The zero-order chi connectivity index (χ0) is 16.6. The van der Waals surface area contributed by atoms with E-state index in [0.29, 0.717) is 19.0 Å². The minimum atomic E-state index is -3.13. The molecule has 0 spiro atoms. The molecular weight excluding hydrogens is 320 g/mol. The number of aryl methyl sites for hydroxylation is 1. The first kappa shape index (κ1) is 18.9. The van der Waals surface area contributed by atoms with E-state index in [0.717, 1.165) is 6.42 Å². The van der Waals surface area contributed by atoms with Gasteiger partial charge < -0.3 is 10.6 Å². The lowest BCUT2D eigenvalue weighted by Crippen LogP contribution is -2.45. The van der Waals surface area contributed by atoms with E-state index in [2.05, 4.69) is 46.3 Å². The number of hydrogen-bond acceptors (Lipinski definition) is 4.